The zero-order valence-corrected chi connectivity index (χ0v) is 11.4. The first kappa shape index (κ1) is 14.5. The van der Waals surface area contributed by atoms with Crippen molar-refractivity contribution in [3.63, 3.8) is 0 Å². The van der Waals surface area contributed by atoms with E-state index in [4.69, 9.17) is 11.2 Å². The van der Waals surface area contributed by atoms with Crippen LogP contribution < -0.4 is 5.32 Å². The number of ether oxygens (including phenoxy) is 1. The van der Waals surface area contributed by atoms with Crippen molar-refractivity contribution in [1.82, 2.24) is 5.32 Å². The van der Waals surface area contributed by atoms with Crippen molar-refractivity contribution in [2.45, 2.75) is 69.9 Å². The van der Waals surface area contributed by atoms with Crippen LogP contribution in [-0.4, -0.2) is 25.3 Å². The summed E-state index contributed by atoms with van der Waals surface area (Å²) >= 11 is 0. The molecule has 0 saturated heterocycles. The first-order valence-corrected chi connectivity index (χ1v) is 7.01. The molecule has 1 aliphatic rings. The van der Waals surface area contributed by atoms with Gasteiger partial charge in [0.05, 0.1) is 5.60 Å². The summed E-state index contributed by atoms with van der Waals surface area (Å²) in [6, 6.07) is 0.420. The third kappa shape index (κ3) is 4.01. The standard InChI is InChI=1S/C15H27NO/c1-4-6-10-14(16-13-5-2)15(17-3)11-8-7-9-12-15/h1,14,16H,5-13H2,2-3H3. The SMILES string of the molecule is C#CCCC(NCCC)C1(OC)CCCCC1. The second-order valence-electron chi connectivity index (χ2n) is 5.08. The maximum absolute atomic E-state index is 5.90. The van der Waals surface area contributed by atoms with Crippen LogP contribution in [0.25, 0.3) is 0 Å². The third-order valence-corrected chi connectivity index (χ3v) is 3.96. The Balaban J connectivity index is 2.65. The molecule has 1 N–H and O–H groups in total. The Morgan fingerprint density at radius 2 is 2.06 bits per heavy atom. The van der Waals surface area contributed by atoms with Gasteiger partial charge < -0.3 is 10.1 Å². The highest BCUT2D eigenvalue weighted by atomic mass is 16.5. The Bertz CT molecular complexity index is 238. The van der Waals surface area contributed by atoms with Gasteiger partial charge in [0, 0.05) is 19.6 Å². The summed E-state index contributed by atoms with van der Waals surface area (Å²) in [7, 11) is 1.86. The van der Waals surface area contributed by atoms with E-state index < -0.39 is 0 Å². The van der Waals surface area contributed by atoms with Crippen LogP contribution >= 0.6 is 0 Å². The van der Waals surface area contributed by atoms with Crippen LogP contribution in [0.3, 0.4) is 0 Å². The minimum absolute atomic E-state index is 0.0320. The van der Waals surface area contributed by atoms with E-state index in [1.807, 2.05) is 7.11 Å². The highest BCUT2D eigenvalue weighted by molar-refractivity contribution is 4.97. The minimum Gasteiger partial charge on any atom is -0.377 e. The summed E-state index contributed by atoms with van der Waals surface area (Å²) < 4.78 is 5.90. The Hall–Kier alpha value is -0.520. The molecule has 0 aromatic heterocycles. The fourth-order valence-corrected chi connectivity index (χ4v) is 2.94. The molecule has 1 aliphatic carbocycles. The van der Waals surface area contributed by atoms with Crippen molar-refractivity contribution in [2.24, 2.45) is 0 Å². The number of nitrogens with one attached hydrogen (secondary N) is 1. The molecule has 1 fully saturated rings. The van der Waals surface area contributed by atoms with Gasteiger partial charge in [-0.2, -0.15) is 0 Å². The molecule has 1 atom stereocenters. The van der Waals surface area contributed by atoms with Gasteiger partial charge in [-0.1, -0.05) is 26.2 Å². The predicted octanol–water partition coefficient (Wildman–Crippen LogP) is 3.12. The normalized spacial score (nSPS) is 20.8. The molecule has 0 aromatic carbocycles. The molecule has 2 nitrogen and oxygen atoms in total. The zero-order chi connectivity index (χ0) is 12.6. The Labute approximate surface area is 107 Å². The van der Waals surface area contributed by atoms with Crippen LogP contribution in [0.4, 0.5) is 0 Å². The van der Waals surface area contributed by atoms with Crippen LogP contribution in [0.1, 0.15) is 58.3 Å². The molecule has 1 rings (SSSR count). The molecule has 0 bridgehead atoms. The van der Waals surface area contributed by atoms with E-state index in [1.54, 1.807) is 0 Å². The topological polar surface area (TPSA) is 21.3 Å². The van der Waals surface area contributed by atoms with Gasteiger partial charge in [0.25, 0.3) is 0 Å². The fraction of sp³-hybridized carbons (Fsp3) is 0.867. The first-order valence-electron chi connectivity index (χ1n) is 7.01. The molecule has 0 radical (unpaired) electrons. The summed E-state index contributed by atoms with van der Waals surface area (Å²) in [6.07, 6.45) is 14.7. The van der Waals surface area contributed by atoms with E-state index >= 15 is 0 Å². The van der Waals surface area contributed by atoms with Gasteiger partial charge in [-0.3, -0.25) is 0 Å². The second-order valence-corrected chi connectivity index (χ2v) is 5.08. The summed E-state index contributed by atoms with van der Waals surface area (Å²) in [4.78, 5) is 0. The monoisotopic (exact) mass is 237 g/mol. The average molecular weight is 237 g/mol. The number of hydrogen-bond donors (Lipinski definition) is 1. The maximum atomic E-state index is 5.90. The van der Waals surface area contributed by atoms with Crippen LogP contribution in [0.5, 0.6) is 0 Å². The number of terminal acetylenes is 1. The van der Waals surface area contributed by atoms with Gasteiger partial charge >= 0.3 is 0 Å². The smallest absolute Gasteiger partial charge is 0.0831 e. The summed E-state index contributed by atoms with van der Waals surface area (Å²) in [5.74, 6) is 2.76. The average Bonchev–Trinajstić information content (AvgIpc) is 2.39. The molecule has 0 aliphatic heterocycles. The van der Waals surface area contributed by atoms with Crippen molar-refractivity contribution in [2.75, 3.05) is 13.7 Å². The van der Waals surface area contributed by atoms with Gasteiger partial charge in [-0.15, -0.1) is 12.3 Å². The lowest BCUT2D eigenvalue weighted by atomic mass is 9.77. The van der Waals surface area contributed by atoms with E-state index in [1.165, 1.54) is 32.1 Å². The zero-order valence-electron chi connectivity index (χ0n) is 11.4. The number of rotatable bonds is 7. The number of methoxy groups -OCH3 is 1. The molecule has 0 aromatic rings. The molecule has 0 heterocycles. The maximum Gasteiger partial charge on any atom is 0.0831 e. The summed E-state index contributed by atoms with van der Waals surface area (Å²) in [6.45, 7) is 3.26. The lowest BCUT2D eigenvalue weighted by Crippen LogP contribution is -2.53. The summed E-state index contributed by atoms with van der Waals surface area (Å²) in [5, 5.41) is 3.65. The van der Waals surface area contributed by atoms with Gasteiger partial charge in [-0.05, 0) is 32.2 Å². The highest BCUT2D eigenvalue weighted by Gasteiger charge is 2.39. The second kappa shape index (κ2) is 7.74. The van der Waals surface area contributed by atoms with Gasteiger partial charge in [-0.25, -0.2) is 0 Å². The molecular weight excluding hydrogens is 210 g/mol. The largest absolute Gasteiger partial charge is 0.377 e. The molecule has 0 spiro atoms. The Kier molecular flexibility index (Phi) is 6.62. The van der Waals surface area contributed by atoms with Crippen molar-refractivity contribution < 1.29 is 4.74 Å². The van der Waals surface area contributed by atoms with Crippen LogP contribution in [0.15, 0.2) is 0 Å². The fourth-order valence-electron chi connectivity index (χ4n) is 2.94. The quantitative estimate of drug-likeness (QED) is 0.687. The van der Waals surface area contributed by atoms with Crippen LogP contribution in [-0.2, 0) is 4.74 Å². The molecule has 98 valence electrons. The van der Waals surface area contributed by atoms with E-state index in [2.05, 4.69) is 18.2 Å². The van der Waals surface area contributed by atoms with Gasteiger partial charge in [0.1, 0.15) is 0 Å². The highest BCUT2D eigenvalue weighted by Crippen LogP contribution is 2.35. The molecule has 1 saturated carbocycles. The Morgan fingerprint density at radius 3 is 2.59 bits per heavy atom. The van der Waals surface area contributed by atoms with E-state index in [9.17, 15) is 0 Å². The van der Waals surface area contributed by atoms with Gasteiger partial charge in [0.15, 0.2) is 0 Å². The van der Waals surface area contributed by atoms with Crippen molar-refractivity contribution in [3.8, 4) is 12.3 Å². The van der Waals surface area contributed by atoms with Crippen molar-refractivity contribution in [3.05, 3.63) is 0 Å². The number of hydrogen-bond acceptors (Lipinski definition) is 2. The van der Waals surface area contributed by atoms with E-state index in [0.717, 1.165) is 25.8 Å². The Morgan fingerprint density at radius 1 is 1.35 bits per heavy atom. The van der Waals surface area contributed by atoms with Crippen LogP contribution in [0.2, 0.25) is 0 Å². The first-order chi connectivity index (χ1) is 8.29. The third-order valence-electron chi connectivity index (χ3n) is 3.96. The minimum atomic E-state index is 0.0320. The molecule has 17 heavy (non-hydrogen) atoms. The molecule has 2 heteroatoms. The lowest BCUT2D eigenvalue weighted by molar-refractivity contribution is -0.0688. The van der Waals surface area contributed by atoms with E-state index in [-0.39, 0.29) is 5.60 Å². The summed E-state index contributed by atoms with van der Waals surface area (Å²) in [5.41, 5.74) is 0.0320. The predicted molar refractivity (Wildman–Crippen MR) is 73.0 cm³/mol. The van der Waals surface area contributed by atoms with Gasteiger partial charge in [0.2, 0.25) is 0 Å². The van der Waals surface area contributed by atoms with Crippen molar-refractivity contribution >= 4 is 0 Å². The molecular formula is C15H27NO. The molecule has 0 amide bonds. The lowest BCUT2D eigenvalue weighted by Gasteiger charge is -2.43. The van der Waals surface area contributed by atoms with Crippen molar-refractivity contribution in [1.29, 1.82) is 0 Å². The molecule has 1 unspecified atom stereocenters. The van der Waals surface area contributed by atoms with E-state index in [0.29, 0.717) is 6.04 Å². The van der Waals surface area contributed by atoms with Crippen LogP contribution in [0, 0.1) is 12.3 Å².